The summed E-state index contributed by atoms with van der Waals surface area (Å²) in [4.78, 5) is 0. The maximum Gasteiger partial charge on any atom is 0.393 e. The maximum absolute atomic E-state index is 13.1. The molecule has 1 aliphatic rings. The van der Waals surface area contributed by atoms with E-state index in [2.05, 4.69) is 5.32 Å². The van der Waals surface area contributed by atoms with E-state index in [9.17, 15) is 13.2 Å². The number of nitrogens with one attached hydrogen (secondary N) is 1. The Morgan fingerprint density at radius 3 is 2.32 bits per heavy atom. The monoisotopic (exact) mass is 271 g/mol. The molecule has 0 spiro atoms. The number of rotatable bonds is 1. The normalized spacial score (nSPS) is 24.5. The van der Waals surface area contributed by atoms with E-state index in [4.69, 9.17) is 0 Å². The molecular formula is C15H20F3N. The Morgan fingerprint density at radius 1 is 1.05 bits per heavy atom. The van der Waals surface area contributed by atoms with Crippen LogP contribution in [0, 0.1) is 26.7 Å². The van der Waals surface area contributed by atoms with Crippen molar-refractivity contribution in [1.29, 1.82) is 0 Å². The van der Waals surface area contributed by atoms with E-state index in [-0.39, 0.29) is 6.42 Å². The van der Waals surface area contributed by atoms with Crippen molar-refractivity contribution >= 4 is 0 Å². The van der Waals surface area contributed by atoms with Gasteiger partial charge >= 0.3 is 6.18 Å². The van der Waals surface area contributed by atoms with Crippen LogP contribution >= 0.6 is 0 Å². The van der Waals surface area contributed by atoms with Gasteiger partial charge in [-0.1, -0.05) is 12.1 Å². The standard InChI is InChI=1S/C15H20F3N/c1-9-7-11(3)12(8-10(9)2)14-13(15(16,17)18)5-4-6-19-14/h7-8,13-14,19H,4-6H2,1-3H3. The first kappa shape index (κ1) is 14.4. The molecule has 2 rings (SSSR count). The smallest absolute Gasteiger partial charge is 0.309 e. The van der Waals surface area contributed by atoms with Crippen molar-refractivity contribution in [3.8, 4) is 0 Å². The molecule has 0 radical (unpaired) electrons. The lowest BCUT2D eigenvalue weighted by Crippen LogP contribution is -2.41. The highest BCUT2D eigenvalue weighted by atomic mass is 19.4. The Morgan fingerprint density at radius 2 is 1.68 bits per heavy atom. The maximum atomic E-state index is 13.1. The highest BCUT2D eigenvalue weighted by Gasteiger charge is 2.46. The highest BCUT2D eigenvalue weighted by molar-refractivity contribution is 5.38. The topological polar surface area (TPSA) is 12.0 Å². The molecule has 1 heterocycles. The molecule has 0 bridgehead atoms. The van der Waals surface area contributed by atoms with Gasteiger partial charge < -0.3 is 5.32 Å². The van der Waals surface area contributed by atoms with Crippen molar-refractivity contribution in [3.63, 3.8) is 0 Å². The molecule has 0 aliphatic carbocycles. The lowest BCUT2D eigenvalue weighted by atomic mass is 9.83. The van der Waals surface area contributed by atoms with Crippen LogP contribution in [0.25, 0.3) is 0 Å². The third-order valence-electron chi connectivity index (χ3n) is 4.10. The first-order valence-corrected chi connectivity index (χ1v) is 6.68. The van der Waals surface area contributed by atoms with E-state index >= 15 is 0 Å². The summed E-state index contributed by atoms with van der Waals surface area (Å²) >= 11 is 0. The predicted molar refractivity (Wildman–Crippen MR) is 70.2 cm³/mol. The molecule has 1 aromatic rings. The first-order valence-electron chi connectivity index (χ1n) is 6.68. The summed E-state index contributed by atoms with van der Waals surface area (Å²) in [5, 5.41) is 3.06. The molecule has 0 amide bonds. The van der Waals surface area contributed by atoms with Gasteiger partial charge in [0.05, 0.1) is 5.92 Å². The van der Waals surface area contributed by atoms with Crippen LogP contribution in [0.2, 0.25) is 0 Å². The van der Waals surface area contributed by atoms with E-state index in [0.29, 0.717) is 13.0 Å². The van der Waals surface area contributed by atoms with Crippen LogP contribution < -0.4 is 5.32 Å². The van der Waals surface area contributed by atoms with Gasteiger partial charge in [-0.15, -0.1) is 0 Å². The van der Waals surface area contributed by atoms with Gasteiger partial charge in [0.2, 0.25) is 0 Å². The molecule has 4 heteroatoms. The molecule has 1 fully saturated rings. The van der Waals surface area contributed by atoms with E-state index < -0.39 is 18.1 Å². The Kier molecular flexibility index (Phi) is 3.90. The Balaban J connectivity index is 2.40. The van der Waals surface area contributed by atoms with Crippen LogP contribution in [0.5, 0.6) is 0 Å². The zero-order valence-corrected chi connectivity index (χ0v) is 11.6. The van der Waals surface area contributed by atoms with Crippen molar-refractivity contribution in [3.05, 3.63) is 34.4 Å². The van der Waals surface area contributed by atoms with Gasteiger partial charge in [0.25, 0.3) is 0 Å². The second kappa shape index (κ2) is 5.16. The minimum Gasteiger partial charge on any atom is -0.309 e. The number of hydrogen-bond acceptors (Lipinski definition) is 1. The van der Waals surface area contributed by atoms with Gasteiger partial charge in [0, 0.05) is 6.04 Å². The molecule has 1 N–H and O–H groups in total. The Bertz CT molecular complexity index is 465. The fourth-order valence-corrected chi connectivity index (χ4v) is 2.89. The molecule has 1 aliphatic heterocycles. The molecule has 106 valence electrons. The summed E-state index contributed by atoms with van der Waals surface area (Å²) in [7, 11) is 0. The van der Waals surface area contributed by atoms with E-state index in [1.807, 2.05) is 32.9 Å². The first-order chi connectivity index (χ1) is 8.80. The fourth-order valence-electron chi connectivity index (χ4n) is 2.89. The van der Waals surface area contributed by atoms with Crippen molar-refractivity contribution < 1.29 is 13.2 Å². The van der Waals surface area contributed by atoms with Crippen LogP contribution in [0.4, 0.5) is 13.2 Å². The molecule has 1 aromatic carbocycles. The van der Waals surface area contributed by atoms with E-state index in [1.54, 1.807) is 0 Å². The molecule has 19 heavy (non-hydrogen) atoms. The van der Waals surface area contributed by atoms with Crippen LogP contribution in [-0.4, -0.2) is 12.7 Å². The zero-order valence-electron chi connectivity index (χ0n) is 11.6. The SMILES string of the molecule is Cc1cc(C)c(C2NCCCC2C(F)(F)F)cc1C. The van der Waals surface area contributed by atoms with Crippen molar-refractivity contribution in [1.82, 2.24) is 5.32 Å². The summed E-state index contributed by atoms with van der Waals surface area (Å²) < 4.78 is 39.4. The number of aryl methyl sites for hydroxylation is 3. The van der Waals surface area contributed by atoms with E-state index in [1.165, 1.54) is 0 Å². The highest BCUT2D eigenvalue weighted by Crippen LogP contribution is 2.42. The van der Waals surface area contributed by atoms with Crippen molar-refractivity contribution in [2.45, 2.75) is 45.8 Å². The van der Waals surface area contributed by atoms with Crippen LogP contribution in [0.1, 0.15) is 41.1 Å². The minimum absolute atomic E-state index is 0.216. The largest absolute Gasteiger partial charge is 0.393 e. The fraction of sp³-hybridized carbons (Fsp3) is 0.600. The van der Waals surface area contributed by atoms with Crippen LogP contribution in [0.15, 0.2) is 12.1 Å². The van der Waals surface area contributed by atoms with Gasteiger partial charge in [-0.3, -0.25) is 0 Å². The van der Waals surface area contributed by atoms with Crippen LogP contribution in [-0.2, 0) is 0 Å². The average Bonchev–Trinajstić information content (AvgIpc) is 2.33. The average molecular weight is 271 g/mol. The third kappa shape index (κ3) is 2.94. The molecule has 1 nitrogen and oxygen atoms in total. The molecule has 0 saturated carbocycles. The number of hydrogen-bond donors (Lipinski definition) is 1. The number of halogens is 3. The number of piperidine rings is 1. The van der Waals surface area contributed by atoms with Gasteiger partial charge in [-0.2, -0.15) is 13.2 Å². The quantitative estimate of drug-likeness (QED) is 0.806. The second-order valence-corrected chi connectivity index (χ2v) is 5.52. The zero-order chi connectivity index (χ0) is 14.2. The molecular weight excluding hydrogens is 251 g/mol. The lowest BCUT2D eigenvalue weighted by molar-refractivity contribution is -0.189. The molecule has 2 atom stereocenters. The Hall–Kier alpha value is -1.03. The number of benzene rings is 1. The van der Waals surface area contributed by atoms with Gasteiger partial charge in [0.15, 0.2) is 0 Å². The summed E-state index contributed by atoms with van der Waals surface area (Å²) in [6, 6.07) is 3.29. The Labute approximate surface area is 112 Å². The lowest BCUT2D eigenvalue weighted by Gasteiger charge is -2.35. The molecule has 1 saturated heterocycles. The molecule has 0 aromatic heterocycles. The molecule has 2 unspecified atom stereocenters. The summed E-state index contributed by atoms with van der Waals surface area (Å²) in [6.07, 6.45) is -3.33. The van der Waals surface area contributed by atoms with E-state index in [0.717, 1.165) is 22.3 Å². The summed E-state index contributed by atoms with van der Waals surface area (Å²) in [5.74, 6) is -1.28. The second-order valence-electron chi connectivity index (χ2n) is 5.52. The number of alkyl halides is 3. The predicted octanol–water partition coefficient (Wildman–Crippen LogP) is 4.21. The van der Waals surface area contributed by atoms with Crippen molar-refractivity contribution in [2.75, 3.05) is 6.54 Å². The summed E-state index contributed by atoms with van der Waals surface area (Å²) in [5.41, 5.74) is 3.91. The van der Waals surface area contributed by atoms with Gasteiger partial charge in [-0.25, -0.2) is 0 Å². The van der Waals surface area contributed by atoms with Gasteiger partial charge in [-0.05, 0) is 62.4 Å². The van der Waals surface area contributed by atoms with Gasteiger partial charge in [0.1, 0.15) is 0 Å². The summed E-state index contributed by atoms with van der Waals surface area (Å²) in [6.45, 7) is 6.49. The van der Waals surface area contributed by atoms with Crippen LogP contribution in [0.3, 0.4) is 0 Å². The minimum atomic E-state index is -4.14. The third-order valence-corrected chi connectivity index (χ3v) is 4.10. The van der Waals surface area contributed by atoms with Crippen molar-refractivity contribution in [2.24, 2.45) is 5.92 Å².